The second-order valence-electron chi connectivity index (χ2n) is 7.52. The van der Waals surface area contributed by atoms with Crippen molar-refractivity contribution in [3.63, 3.8) is 0 Å². The van der Waals surface area contributed by atoms with Gasteiger partial charge in [-0.25, -0.2) is 0 Å². The molecular formula is C21H29BrN4O2. The number of aromatic nitrogens is 2. The van der Waals surface area contributed by atoms with Crippen LogP contribution in [0.25, 0.3) is 0 Å². The lowest BCUT2D eigenvalue weighted by atomic mass is 10.0. The van der Waals surface area contributed by atoms with Gasteiger partial charge in [0.2, 0.25) is 0 Å². The highest BCUT2D eigenvalue weighted by Gasteiger charge is 2.26. The Morgan fingerprint density at radius 3 is 2.64 bits per heavy atom. The molecule has 1 aromatic heterocycles. The van der Waals surface area contributed by atoms with Crippen molar-refractivity contribution in [2.24, 2.45) is 0 Å². The molecule has 1 aliphatic rings. The van der Waals surface area contributed by atoms with Gasteiger partial charge in [0.1, 0.15) is 5.75 Å². The average molecular weight is 449 g/mol. The molecule has 3 rings (SSSR count). The van der Waals surface area contributed by atoms with Crippen LogP contribution in [0.15, 0.2) is 28.7 Å². The molecule has 0 saturated carbocycles. The molecule has 0 aliphatic carbocycles. The Hall–Kier alpha value is -1.86. The largest absolute Gasteiger partial charge is 0.496 e. The Kier molecular flexibility index (Phi) is 7.13. The van der Waals surface area contributed by atoms with Crippen LogP contribution in [0.5, 0.6) is 5.75 Å². The van der Waals surface area contributed by atoms with Gasteiger partial charge in [-0.3, -0.25) is 14.8 Å². The van der Waals surface area contributed by atoms with Crippen LogP contribution in [0.4, 0.5) is 0 Å². The molecule has 0 radical (unpaired) electrons. The number of halogens is 1. The number of piperidine rings is 1. The number of benzene rings is 1. The van der Waals surface area contributed by atoms with E-state index < -0.39 is 0 Å². The van der Waals surface area contributed by atoms with Crippen molar-refractivity contribution in [3.05, 3.63) is 45.7 Å². The molecule has 1 fully saturated rings. The van der Waals surface area contributed by atoms with Crippen molar-refractivity contribution in [2.75, 3.05) is 26.7 Å². The average Bonchev–Trinajstić information content (AvgIpc) is 3.11. The van der Waals surface area contributed by atoms with E-state index in [1.165, 1.54) is 19.3 Å². The molecule has 28 heavy (non-hydrogen) atoms. The van der Waals surface area contributed by atoms with Crippen molar-refractivity contribution in [2.45, 2.75) is 45.1 Å². The molecule has 1 saturated heterocycles. The van der Waals surface area contributed by atoms with Crippen LogP contribution in [0.3, 0.4) is 0 Å². The van der Waals surface area contributed by atoms with E-state index in [0.29, 0.717) is 12.2 Å². The van der Waals surface area contributed by atoms with E-state index in [0.717, 1.165) is 34.6 Å². The third-order valence-corrected chi connectivity index (χ3v) is 6.11. The Labute approximate surface area is 175 Å². The van der Waals surface area contributed by atoms with Crippen molar-refractivity contribution < 1.29 is 9.53 Å². The topological polar surface area (TPSA) is 70.2 Å². The summed E-state index contributed by atoms with van der Waals surface area (Å²) < 4.78 is 6.34. The quantitative estimate of drug-likeness (QED) is 0.663. The van der Waals surface area contributed by atoms with Crippen LogP contribution >= 0.6 is 15.9 Å². The number of nitrogens with one attached hydrogen (secondary N) is 2. The first-order chi connectivity index (χ1) is 13.5. The van der Waals surface area contributed by atoms with E-state index in [1.54, 1.807) is 7.11 Å². The van der Waals surface area contributed by atoms with Crippen LogP contribution in [-0.2, 0) is 0 Å². The number of aromatic amines is 1. The minimum Gasteiger partial charge on any atom is -0.496 e. The first-order valence-electron chi connectivity index (χ1n) is 9.91. The fourth-order valence-electron chi connectivity index (χ4n) is 3.76. The lowest BCUT2D eigenvalue weighted by Crippen LogP contribution is -2.41. The van der Waals surface area contributed by atoms with Crippen LogP contribution in [0.1, 0.15) is 66.8 Å². The molecule has 2 aromatic rings. The summed E-state index contributed by atoms with van der Waals surface area (Å²) in [6, 6.07) is 8.14. The van der Waals surface area contributed by atoms with Gasteiger partial charge in [0.05, 0.1) is 23.3 Å². The molecule has 1 atom stereocenters. The predicted octanol–water partition coefficient (Wildman–Crippen LogP) is 4.26. The third kappa shape index (κ3) is 4.58. The number of amides is 1. The van der Waals surface area contributed by atoms with Gasteiger partial charge in [-0.2, -0.15) is 5.10 Å². The van der Waals surface area contributed by atoms with Crippen molar-refractivity contribution >= 4 is 21.8 Å². The van der Waals surface area contributed by atoms with E-state index >= 15 is 0 Å². The number of ether oxygens (including phenoxy) is 1. The van der Waals surface area contributed by atoms with Gasteiger partial charge in [0, 0.05) is 12.1 Å². The summed E-state index contributed by atoms with van der Waals surface area (Å²) in [5.74, 6) is 0.945. The highest BCUT2D eigenvalue weighted by Crippen LogP contribution is 2.31. The van der Waals surface area contributed by atoms with Crippen LogP contribution in [0, 0.1) is 0 Å². The maximum absolute atomic E-state index is 12.8. The Morgan fingerprint density at radius 2 is 2.00 bits per heavy atom. The van der Waals surface area contributed by atoms with Crippen molar-refractivity contribution in [1.29, 1.82) is 0 Å². The molecule has 2 N–H and O–H groups in total. The van der Waals surface area contributed by atoms with E-state index in [9.17, 15) is 4.79 Å². The molecule has 0 spiro atoms. The lowest BCUT2D eigenvalue weighted by Gasteiger charge is -2.35. The van der Waals surface area contributed by atoms with Gasteiger partial charge >= 0.3 is 0 Å². The standard InChI is InChI=1S/C21H29BrN4O2/c1-14(2)19-18(22)20(25-24-19)21(27)23-13-16(26-11-7-4-8-12-26)15-9-5-6-10-17(15)28-3/h5-6,9-10,14,16H,4,7-8,11-13H2,1-3H3,(H,23,27)(H,24,25). The second kappa shape index (κ2) is 9.56. The first-order valence-corrected chi connectivity index (χ1v) is 10.7. The van der Waals surface area contributed by atoms with E-state index in [2.05, 4.69) is 56.3 Å². The minimum absolute atomic E-state index is 0.0719. The number of nitrogens with zero attached hydrogens (tertiary/aromatic N) is 2. The normalized spacial score (nSPS) is 16.2. The minimum atomic E-state index is -0.174. The summed E-state index contributed by atoms with van der Waals surface area (Å²) in [6.07, 6.45) is 3.63. The van der Waals surface area contributed by atoms with Crippen molar-refractivity contribution in [3.8, 4) is 5.75 Å². The fraction of sp³-hybridized carbons (Fsp3) is 0.524. The third-order valence-electron chi connectivity index (χ3n) is 5.31. The number of likely N-dealkylation sites (tertiary alicyclic amines) is 1. The van der Waals surface area contributed by atoms with Crippen molar-refractivity contribution in [1.82, 2.24) is 20.4 Å². The maximum atomic E-state index is 12.8. The molecule has 7 heteroatoms. The van der Waals surface area contributed by atoms with Gasteiger partial charge in [-0.15, -0.1) is 0 Å². The molecular weight excluding hydrogens is 420 g/mol. The number of rotatable bonds is 7. The highest BCUT2D eigenvalue weighted by atomic mass is 79.9. The number of para-hydroxylation sites is 1. The lowest BCUT2D eigenvalue weighted by molar-refractivity contribution is 0.0917. The summed E-state index contributed by atoms with van der Waals surface area (Å²) in [7, 11) is 1.69. The highest BCUT2D eigenvalue weighted by molar-refractivity contribution is 9.10. The van der Waals surface area contributed by atoms with Gasteiger partial charge in [-0.1, -0.05) is 38.5 Å². The number of methoxy groups -OCH3 is 1. The number of hydrogen-bond donors (Lipinski definition) is 2. The smallest absolute Gasteiger partial charge is 0.273 e. The zero-order chi connectivity index (χ0) is 20.1. The van der Waals surface area contributed by atoms with E-state index in [4.69, 9.17) is 4.74 Å². The first kappa shape index (κ1) is 20.9. The summed E-state index contributed by atoms with van der Waals surface area (Å²) >= 11 is 3.52. The number of hydrogen-bond acceptors (Lipinski definition) is 4. The Bertz CT molecular complexity index is 799. The predicted molar refractivity (Wildman–Crippen MR) is 114 cm³/mol. The Morgan fingerprint density at radius 1 is 1.29 bits per heavy atom. The zero-order valence-electron chi connectivity index (χ0n) is 16.8. The zero-order valence-corrected chi connectivity index (χ0v) is 18.4. The van der Waals surface area contributed by atoms with Gasteiger partial charge < -0.3 is 10.1 Å². The number of carbonyl (C=O) groups excluding carboxylic acids is 1. The summed E-state index contributed by atoms with van der Waals surface area (Å²) in [5, 5.41) is 10.3. The van der Waals surface area contributed by atoms with E-state index in [1.807, 2.05) is 18.2 Å². The van der Waals surface area contributed by atoms with Gasteiger partial charge in [0.25, 0.3) is 5.91 Å². The number of carbonyl (C=O) groups is 1. The molecule has 6 nitrogen and oxygen atoms in total. The molecule has 1 aliphatic heterocycles. The number of H-pyrrole nitrogens is 1. The fourth-order valence-corrected chi connectivity index (χ4v) is 4.57. The summed E-state index contributed by atoms with van der Waals surface area (Å²) in [6.45, 7) is 6.70. The SMILES string of the molecule is COc1ccccc1C(CNC(=O)c1n[nH]c(C(C)C)c1Br)N1CCCCC1. The monoisotopic (exact) mass is 448 g/mol. The second-order valence-corrected chi connectivity index (χ2v) is 8.31. The van der Waals surface area contributed by atoms with Crippen LogP contribution < -0.4 is 10.1 Å². The van der Waals surface area contributed by atoms with Crippen LogP contribution in [-0.4, -0.2) is 47.7 Å². The summed E-state index contributed by atoms with van der Waals surface area (Å²) in [4.78, 5) is 15.2. The molecule has 1 amide bonds. The Balaban J connectivity index is 1.79. The van der Waals surface area contributed by atoms with Gasteiger partial charge in [0.15, 0.2) is 5.69 Å². The molecule has 152 valence electrons. The maximum Gasteiger partial charge on any atom is 0.273 e. The molecule has 2 heterocycles. The molecule has 1 aromatic carbocycles. The molecule has 1 unspecified atom stereocenters. The summed E-state index contributed by atoms with van der Waals surface area (Å²) in [5.41, 5.74) is 2.44. The van der Waals surface area contributed by atoms with Crippen LogP contribution in [0.2, 0.25) is 0 Å². The molecule has 0 bridgehead atoms. The van der Waals surface area contributed by atoms with Gasteiger partial charge in [-0.05, 0) is 53.8 Å². The van der Waals surface area contributed by atoms with E-state index in [-0.39, 0.29) is 17.9 Å².